The zero-order chi connectivity index (χ0) is 15.5. The molecule has 0 spiro atoms. The Morgan fingerprint density at radius 2 is 1.83 bits per heavy atom. The topological polar surface area (TPSA) is 39.7 Å². The maximum atomic E-state index is 5.96. The second-order valence-electron chi connectivity index (χ2n) is 6.18. The van der Waals surface area contributed by atoms with Gasteiger partial charge in [0.2, 0.25) is 0 Å². The van der Waals surface area contributed by atoms with Crippen molar-refractivity contribution in [2.24, 2.45) is 5.92 Å². The van der Waals surface area contributed by atoms with Gasteiger partial charge >= 0.3 is 0 Å². The average Bonchev–Trinajstić information content (AvgIpc) is 3.40. The lowest BCUT2D eigenvalue weighted by atomic mass is 10.2. The van der Waals surface area contributed by atoms with E-state index in [4.69, 9.17) is 14.2 Å². The molecule has 4 heteroatoms. The van der Waals surface area contributed by atoms with Crippen molar-refractivity contribution in [2.45, 2.75) is 18.9 Å². The predicted octanol–water partition coefficient (Wildman–Crippen LogP) is 4.00. The van der Waals surface area contributed by atoms with Gasteiger partial charge in [0.05, 0.1) is 6.61 Å². The van der Waals surface area contributed by atoms with E-state index in [9.17, 15) is 0 Å². The van der Waals surface area contributed by atoms with Crippen LogP contribution in [0.4, 0.5) is 11.4 Å². The van der Waals surface area contributed by atoms with Gasteiger partial charge in [0.25, 0.3) is 0 Å². The van der Waals surface area contributed by atoms with E-state index in [0.717, 1.165) is 35.4 Å². The molecule has 1 atom stereocenters. The van der Waals surface area contributed by atoms with E-state index < -0.39 is 0 Å². The second kappa shape index (κ2) is 6.50. The van der Waals surface area contributed by atoms with Crippen molar-refractivity contribution in [2.75, 3.05) is 25.1 Å². The van der Waals surface area contributed by atoms with Crippen molar-refractivity contribution in [1.29, 1.82) is 0 Å². The highest BCUT2D eigenvalue weighted by molar-refractivity contribution is 5.63. The molecule has 2 aliphatic rings. The van der Waals surface area contributed by atoms with Gasteiger partial charge in [-0.3, -0.25) is 0 Å². The SMILES string of the molecule is c1ccc(Nc2ccc3c(c2)OCC(COCC2CC2)O3)cc1. The Kier molecular flexibility index (Phi) is 4.07. The molecule has 1 heterocycles. The highest BCUT2D eigenvalue weighted by atomic mass is 16.6. The fourth-order valence-electron chi connectivity index (χ4n) is 2.61. The zero-order valence-electron chi connectivity index (χ0n) is 13.0. The molecule has 2 aromatic carbocycles. The smallest absolute Gasteiger partial charge is 0.163 e. The van der Waals surface area contributed by atoms with Gasteiger partial charge in [-0.25, -0.2) is 0 Å². The minimum atomic E-state index is -0.0193. The number of benzene rings is 2. The van der Waals surface area contributed by atoms with Crippen LogP contribution in [-0.2, 0) is 4.74 Å². The number of para-hydroxylation sites is 1. The Morgan fingerprint density at radius 1 is 0.957 bits per heavy atom. The van der Waals surface area contributed by atoms with Crippen molar-refractivity contribution in [3.63, 3.8) is 0 Å². The van der Waals surface area contributed by atoms with Crippen LogP contribution in [0.25, 0.3) is 0 Å². The third-order valence-corrected chi connectivity index (χ3v) is 4.08. The number of ether oxygens (including phenoxy) is 3. The molecule has 0 radical (unpaired) electrons. The first-order valence-electron chi connectivity index (χ1n) is 8.20. The lowest BCUT2D eigenvalue weighted by Crippen LogP contribution is -2.33. The van der Waals surface area contributed by atoms with Crippen LogP contribution in [0, 0.1) is 5.92 Å². The molecule has 0 saturated heterocycles. The second-order valence-corrected chi connectivity index (χ2v) is 6.18. The summed E-state index contributed by atoms with van der Waals surface area (Å²) in [6.07, 6.45) is 2.60. The maximum absolute atomic E-state index is 5.96. The molecule has 0 bridgehead atoms. The molecule has 1 fully saturated rings. The van der Waals surface area contributed by atoms with Gasteiger partial charge in [0.15, 0.2) is 17.6 Å². The first-order chi connectivity index (χ1) is 11.4. The molecule has 0 amide bonds. The van der Waals surface area contributed by atoms with Crippen LogP contribution in [0.2, 0.25) is 0 Å². The summed E-state index contributed by atoms with van der Waals surface area (Å²) in [5, 5.41) is 3.36. The summed E-state index contributed by atoms with van der Waals surface area (Å²) in [7, 11) is 0. The van der Waals surface area contributed by atoms with Crippen LogP contribution < -0.4 is 14.8 Å². The molecular weight excluding hydrogens is 290 g/mol. The van der Waals surface area contributed by atoms with Crippen LogP contribution in [0.3, 0.4) is 0 Å². The van der Waals surface area contributed by atoms with Crippen LogP contribution in [0.5, 0.6) is 11.5 Å². The summed E-state index contributed by atoms with van der Waals surface area (Å²) in [6, 6.07) is 16.0. The van der Waals surface area contributed by atoms with E-state index in [2.05, 4.69) is 5.32 Å². The maximum Gasteiger partial charge on any atom is 0.163 e. The van der Waals surface area contributed by atoms with E-state index in [-0.39, 0.29) is 6.10 Å². The Balaban J connectivity index is 1.36. The van der Waals surface area contributed by atoms with Gasteiger partial charge in [-0.1, -0.05) is 18.2 Å². The number of nitrogens with one attached hydrogen (secondary N) is 1. The van der Waals surface area contributed by atoms with Gasteiger partial charge in [0, 0.05) is 24.0 Å². The van der Waals surface area contributed by atoms with Gasteiger partial charge in [-0.2, -0.15) is 0 Å². The molecular formula is C19H21NO3. The van der Waals surface area contributed by atoms with E-state index in [1.165, 1.54) is 12.8 Å². The molecule has 1 N–H and O–H groups in total. The molecule has 1 unspecified atom stereocenters. The normalized spacial score (nSPS) is 19.4. The molecule has 23 heavy (non-hydrogen) atoms. The quantitative estimate of drug-likeness (QED) is 0.875. The molecule has 1 aliphatic carbocycles. The summed E-state index contributed by atoms with van der Waals surface area (Å²) in [5.41, 5.74) is 2.04. The van der Waals surface area contributed by atoms with E-state index in [0.29, 0.717) is 13.2 Å². The van der Waals surface area contributed by atoms with Crippen LogP contribution >= 0.6 is 0 Å². The molecule has 4 nitrogen and oxygen atoms in total. The number of anilines is 2. The number of hydrogen-bond donors (Lipinski definition) is 1. The zero-order valence-corrected chi connectivity index (χ0v) is 13.0. The summed E-state index contributed by atoms with van der Waals surface area (Å²) < 4.78 is 17.5. The highest BCUT2D eigenvalue weighted by Gasteiger charge is 2.24. The average molecular weight is 311 g/mol. The predicted molar refractivity (Wildman–Crippen MR) is 89.6 cm³/mol. The van der Waals surface area contributed by atoms with Crippen molar-refractivity contribution in [1.82, 2.24) is 0 Å². The van der Waals surface area contributed by atoms with Crippen molar-refractivity contribution >= 4 is 11.4 Å². The standard InChI is InChI=1S/C19H21NO3/c1-2-4-15(5-3-1)20-16-8-9-18-19(10-16)22-13-17(23-18)12-21-11-14-6-7-14/h1-5,8-10,14,17,20H,6-7,11-13H2. The summed E-state index contributed by atoms with van der Waals surface area (Å²) >= 11 is 0. The van der Waals surface area contributed by atoms with Crippen molar-refractivity contribution < 1.29 is 14.2 Å². The van der Waals surface area contributed by atoms with Gasteiger partial charge < -0.3 is 19.5 Å². The molecule has 4 rings (SSSR count). The summed E-state index contributed by atoms with van der Waals surface area (Å²) in [6.45, 7) is 1.99. The molecule has 2 aromatic rings. The third kappa shape index (κ3) is 3.77. The molecule has 120 valence electrons. The molecule has 0 aromatic heterocycles. The first-order valence-corrected chi connectivity index (χ1v) is 8.20. The highest BCUT2D eigenvalue weighted by Crippen LogP contribution is 2.35. The van der Waals surface area contributed by atoms with Gasteiger partial charge in [-0.05, 0) is 43.0 Å². The third-order valence-electron chi connectivity index (χ3n) is 4.08. The fourth-order valence-corrected chi connectivity index (χ4v) is 2.61. The van der Waals surface area contributed by atoms with Gasteiger partial charge in [-0.15, -0.1) is 0 Å². The van der Waals surface area contributed by atoms with Crippen LogP contribution in [-0.4, -0.2) is 25.9 Å². The lowest BCUT2D eigenvalue weighted by Gasteiger charge is -2.26. The van der Waals surface area contributed by atoms with E-state index in [1.807, 2.05) is 48.5 Å². The van der Waals surface area contributed by atoms with E-state index >= 15 is 0 Å². The monoisotopic (exact) mass is 311 g/mol. The number of hydrogen-bond acceptors (Lipinski definition) is 4. The van der Waals surface area contributed by atoms with E-state index in [1.54, 1.807) is 0 Å². The minimum absolute atomic E-state index is 0.0193. The van der Waals surface area contributed by atoms with Crippen molar-refractivity contribution in [3.05, 3.63) is 48.5 Å². The first kappa shape index (κ1) is 14.4. The van der Waals surface area contributed by atoms with Crippen molar-refractivity contribution in [3.8, 4) is 11.5 Å². The largest absolute Gasteiger partial charge is 0.486 e. The minimum Gasteiger partial charge on any atom is -0.486 e. The lowest BCUT2D eigenvalue weighted by molar-refractivity contribution is 0.00576. The molecule has 1 saturated carbocycles. The number of rotatable bonds is 6. The molecule has 1 aliphatic heterocycles. The Bertz CT molecular complexity index is 655. The Morgan fingerprint density at radius 3 is 2.65 bits per heavy atom. The Labute approximate surface area is 136 Å². The fraction of sp³-hybridized carbons (Fsp3) is 0.368. The number of fused-ring (bicyclic) bond motifs is 1. The van der Waals surface area contributed by atoms with Crippen LogP contribution in [0.1, 0.15) is 12.8 Å². The van der Waals surface area contributed by atoms with Gasteiger partial charge in [0.1, 0.15) is 6.61 Å². The summed E-state index contributed by atoms with van der Waals surface area (Å²) in [5.74, 6) is 2.35. The summed E-state index contributed by atoms with van der Waals surface area (Å²) in [4.78, 5) is 0. The van der Waals surface area contributed by atoms with Crippen LogP contribution in [0.15, 0.2) is 48.5 Å². The Hall–Kier alpha value is -2.20.